The molecular weight excluding hydrogens is 352 g/mol. The number of rotatable bonds is 6. The number of benzene rings is 1. The van der Waals surface area contributed by atoms with E-state index in [1.807, 2.05) is 49.4 Å². The summed E-state index contributed by atoms with van der Waals surface area (Å²) in [5, 5.41) is 0. The van der Waals surface area contributed by atoms with Gasteiger partial charge in [0.2, 0.25) is 0 Å². The highest BCUT2D eigenvalue weighted by atomic mass is 16.5. The largest absolute Gasteiger partial charge is 0.492 e. The third kappa shape index (κ3) is 4.40. The minimum atomic E-state index is -0.0135. The van der Waals surface area contributed by atoms with Gasteiger partial charge in [-0.05, 0) is 30.7 Å². The second kappa shape index (κ2) is 8.54. The van der Waals surface area contributed by atoms with Gasteiger partial charge in [0.05, 0.1) is 5.69 Å². The fraction of sp³-hybridized carbons (Fsp3) is 0.364. The van der Waals surface area contributed by atoms with Gasteiger partial charge in [0.25, 0.3) is 5.56 Å². The molecule has 0 amide bonds. The van der Waals surface area contributed by atoms with Gasteiger partial charge in [-0.2, -0.15) is 0 Å². The molecule has 0 N–H and O–H groups in total. The number of aryl methyl sites for hydroxylation is 1. The Balaban J connectivity index is 1.29. The van der Waals surface area contributed by atoms with Crippen molar-refractivity contribution in [1.29, 1.82) is 0 Å². The normalized spacial score (nSPS) is 15.8. The number of hydrogen-bond donors (Lipinski definition) is 0. The van der Waals surface area contributed by atoms with E-state index >= 15 is 0 Å². The summed E-state index contributed by atoms with van der Waals surface area (Å²) in [5.41, 5.74) is 2.60. The van der Waals surface area contributed by atoms with Crippen LogP contribution in [0, 0.1) is 6.92 Å². The van der Waals surface area contributed by atoms with E-state index in [-0.39, 0.29) is 5.56 Å². The maximum absolute atomic E-state index is 12.4. The van der Waals surface area contributed by atoms with E-state index < -0.39 is 0 Å². The summed E-state index contributed by atoms with van der Waals surface area (Å²) >= 11 is 0. The maximum Gasteiger partial charge on any atom is 0.258 e. The fourth-order valence-corrected chi connectivity index (χ4v) is 3.60. The van der Waals surface area contributed by atoms with Crippen LogP contribution < -0.4 is 10.3 Å². The maximum atomic E-state index is 12.4. The number of aromatic nitrogens is 2. The van der Waals surface area contributed by atoms with Gasteiger partial charge in [-0.3, -0.25) is 19.0 Å². The molecule has 6 heteroatoms. The smallest absolute Gasteiger partial charge is 0.258 e. The van der Waals surface area contributed by atoms with Gasteiger partial charge >= 0.3 is 0 Å². The molecule has 3 aromatic rings. The molecule has 28 heavy (non-hydrogen) atoms. The van der Waals surface area contributed by atoms with Crippen molar-refractivity contribution in [2.24, 2.45) is 0 Å². The Bertz CT molecular complexity index is 979. The molecule has 1 aliphatic heterocycles. The highest BCUT2D eigenvalue weighted by Crippen LogP contribution is 2.11. The molecule has 3 heterocycles. The zero-order valence-electron chi connectivity index (χ0n) is 16.3. The van der Waals surface area contributed by atoms with Crippen molar-refractivity contribution in [3.8, 4) is 5.75 Å². The summed E-state index contributed by atoms with van der Waals surface area (Å²) in [4.78, 5) is 21.9. The highest BCUT2D eigenvalue weighted by Gasteiger charge is 2.18. The van der Waals surface area contributed by atoms with Crippen molar-refractivity contribution in [1.82, 2.24) is 19.2 Å². The average Bonchev–Trinajstić information content (AvgIpc) is 2.71. The lowest BCUT2D eigenvalue weighted by Crippen LogP contribution is -2.47. The van der Waals surface area contributed by atoms with Crippen molar-refractivity contribution < 1.29 is 4.74 Å². The summed E-state index contributed by atoms with van der Waals surface area (Å²) in [6, 6.07) is 15.5. The Morgan fingerprint density at radius 3 is 2.54 bits per heavy atom. The number of para-hydroxylation sites is 1. The van der Waals surface area contributed by atoms with Crippen LogP contribution in [0.4, 0.5) is 0 Å². The second-order valence-electron chi connectivity index (χ2n) is 7.25. The SMILES string of the molecule is Cc1cccn2c(=O)cc(CN3CCN(CCOc4ccccc4)CC3)nc12. The molecule has 0 spiro atoms. The van der Waals surface area contributed by atoms with Crippen molar-refractivity contribution in [2.45, 2.75) is 13.5 Å². The van der Waals surface area contributed by atoms with E-state index in [2.05, 4.69) is 9.80 Å². The quantitative estimate of drug-likeness (QED) is 0.658. The summed E-state index contributed by atoms with van der Waals surface area (Å²) < 4.78 is 7.41. The molecule has 0 atom stereocenters. The molecule has 1 fully saturated rings. The van der Waals surface area contributed by atoms with Crippen molar-refractivity contribution in [3.05, 3.63) is 76.3 Å². The van der Waals surface area contributed by atoms with Gasteiger partial charge in [0.15, 0.2) is 0 Å². The lowest BCUT2D eigenvalue weighted by atomic mass is 10.2. The van der Waals surface area contributed by atoms with Gasteiger partial charge in [0, 0.05) is 51.5 Å². The van der Waals surface area contributed by atoms with Crippen LogP contribution in [0.15, 0.2) is 59.5 Å². The molecule has 1 aromatic carbocycles. The standard InChI is InChI=1S/C22H26N4O2/c1-18-6-5-9-26-21(27)16-19(23-22(18)26)17-25-12-10-24(11-13-25)14-15-28-20-7-3-2-4-8-20/h2-9,16H,10-15,17H2,1H3. The first-order valence-corrected chi connectivity index (χ1v) is 9.79. The Kier molecular flexibility index (Phi) is 5.69. The first-order chi connectivity index (χ1) is 13.7. The third-order valence-corrected chi connectivity index (χ3v) is 5.21. The second-order valence-corrected chi connectivity index (χ2v) is 7.25. The minimum Gasteiger partial charge on any atom is -0.492 e. The number of nitrogens with zero attached hydrogens (tertiary/aromatic N) is 4. The van der Waals surface area contributed by atoms with Crippen LogP contribution in [0.3, 0.4) is 0 Å². The number of fused-ring (bicyclic) bond motifs is 1. The predicted molar refractivity (Wildman–Crippen MR) is 110 cm³/mol. The van der Waals surface area contributed by atoms with Gasteiger partial charge in [-0.1, -0.05) is 24.3 Å². The molecule has 4 rings (SSSR count). The summed E-state index contributed by atoms with van der Waals surface area (Å²) in [6.07, 6.45) is 1.78. The van der Waals surface area contributed by atoms with Gasteiger partial charge in [0.1, 0.15) is 18.0 Å². The number of pyridine rings is 1. The molecule has 0 aliphatic carbocycles. The van der Waals surface area contributed by atoms with E-state index in [0.717, 1.165) is 55.4 Å². The lowest BCUT2D eigenvalue weighted by Gasteiger charge is -2.34. The van der Waals surface area contributed by atoms with Crippen molar-refractivity contribution in [2.75, 3.05) is 39.3 Å². The van der Waals surface area contributed by atoms with Crippen LogP contribution in [0.25, 0.3) is 5.65 Å². The Morgan fingerprint density at radius 1 is 1.00 bits per heavy atom. The van der Waals surface area contributed by atoms with Crippen LogP contribution in [0.5, 0.6) is 5.75 Å². The van der Waals surface area contributed by atoms with E-state index in [4.69, 9.17) is 9.72 Å². The molecule has 0 radical (unpaired) electrons. The molecule has 1 aliphatic rings. The molecule has 1 saturated heterocycles. The first kappa shape index (κ1) is 18.7. The molecule has 0 saturated carbocycles. The Labute approximate surface area is 165 Å². The molecule has 0 bridgehead atoms. The first-order valence-electron chi connectivity index (χ1n) is 9.79. The topological polar surface area (TPSA) is 50.1 Å². The molecule has 0 unspecified atom stereocenters. The molecular formula is C22H26N4O2. The van der Waals surface area contributed by atoms with Gasteiger partial charge in [-0.15, -0.1) is 0 Å². The van der Waals surface area contributed by atoms with Crippen LogP contribution in [0.2, 0.25) is 0 Å². The molecule has 2 aromatic heterocycles. The Morgan fingerprint density at radius 2 is 1.75 bits per heavy atom. The highest BCUT2D eigenvalue weighted by molar-refractivity contribution is 5.46. The zero-order chi connectivity index (χ0) is 19.3. The minimum absolute atomic E-state index is 0.0135. The molecule has 6 nitrogen and oxygen atoms in total. The van der Waals surface area contributed by atoms with Crippen molar-refractivity contribution in [3.63, 3.8) is 0 Å². The fourth-order valence-electron chi connectivity index (χ4n) is 3.60. The van der Waals surface area contributed by atoms with Crippen LogP contribution >= 0.6 is 0 Å². The number of piperazine rings is 1. The third-order valence-electron chi connectivity index (χ3n) is 5.21. The lowest BCUT2D eigenvalue weighted by molar-refractivity contribution is 0.111. The summed E-state index contributed by atoms with van der Waals surface area (Å²) in [7, 11) is 0. The van der Waals surface area contributed by atoms with Gasteiger partial charge in [-0.25, -0.2) is 4.98 Å². The van der Waals surface area contributed by atoms with E-state index in [1.165, 1.54) is 0 Å². The van der Waals surface area contributed by atoms with Crippen LogP contribution in [-0.2, 0) is 6.54 Å². The zero-order valence-corrected chi connectivity index (χ0v) is 16.3. The summed E-state index contributed by atoms with van der Waals surface area (Å²) in [5.74, 6) is 0.921. The average molecular weight is 378 g/mol. The van der Waals surface area contributed by atoms with Crippen molar-refractivity contribution >= 4 is 5.65 Å². The van der Waals surface area contributed by atoms with E-state index in [0.29, 0.717) is 13.2 Å². The number of ether oxygens (including phenoxy) is 1. The van der Waals surface area contributed by atoms with E-state index in [9.17, 15) is 4.79 Å². The molecule has 146 valence electrons. The van der Waals surface area contributed by atoms with Crippen LogP contribution in [-0.4, -0.2) is 58.5 Å². The summed E-state index contributed by atoms with van der Waals surface area (Å²) in [6.45, 7) is 8.29. The Hall–Kier alpha value is -2.70. The van der Waals surface area contributed by atoms with Gasteiger partial charge < -0.3 is 4.74 Å². The predicted octanol–water partition coefficient (Wildman–Crippen LogP) is 2.20. The van der Waals surface area contributed by atoms with Crippen LogP contribution in [0.1, 0.15) is 11.3 Å². The van der Waals surface area contributed by atoms with E-state index in [1.54, 1.807) is 16.7 Å². The monoisotopic (exact) mass is 378 g/mol. The number of hydrogen-bond acceptors (Lipinski definition) is 5.